The molecule has 3 N–H and O–H groups in total. The molecule has 0 aliphatic carbocycles. The Labute approximate surface area is 117 Å². The zero-order valence-electron chi connectivity index (χ0n) is 11.9. The van der Waals surface area contributed by atoms with Crippen molar-refractivity contribution in [1.29, 1.82) is 0 Å². The molecule has 106 valence electrons. The average Bonchev–Trinajstić information content (AvgIpc) is 2.48. The SMILES string of the molecule is NCCCN[C@@H](CN1CCCCC1)c1ccccc1. The molecule has 3 nitrogen and oxygen atoms in total. The predicted molar refractivity (Wildman–Crippen MR) is 81.1 cm³/mol. The molecule has 0 aromatic heterocycles. The van der Waals surface area contributed by atoms with Gasteiger partial charge in [0, 0.05) is 12.6 Å². The van der Waals surface area contributed by atoms with Crippen LogP contribution in [0.25, 0.3) is 0 Å². The molecular weight excluding hydrogens is 234 g/mol. The molecule has 1 aliphatic heterocycles. The summed E-state index contributed by atoms with van der Waals surface area (Å²) in [4.78, 5) is 2.59. The number of piperidine rings is 1. The largest absolute Gasteiger partial charge is 0.330 e. The van der Waals surface area contributed by atoms with Gasteiger partial charge in [0.25, 0.3) is 0 Å². The van der Waals surface area contributed by atoms with E-state index in [0.717, 1.165) is 26.1 Å². The van der Waals surface area contributed by atoms with Crippen molar-refractivity contribution in [2.45, 2.75) is 31.7 Å². The van der Waals surface area contributed by atoms with Crippen LogP contribution in [0, 0.1) is 0 Å². The van der Waals surface area contributed by atoms with Gasteiger partial charge in [0.15, 0.2) is 0 Å². The molecule has 19 heavy (non-hydrogen) atoms. The van der Waals surface area contributed by atoms with E-state index in [2.05, 4.69) is 40.5 Å². The quantitative estimate of drug-likeness (QED) is 0.739. The first-order valence-electron chi connectivity index (χ1n) is 7.61. The standard InChI is InChI=1S/C16H27N3/c17-10-7-11-18-16(15-8-3-1-4-9-15)14-19-12-5-2-6-13-19/h1,3-4,8-9,16,18H,2,5-7,10-14,17H2/t16-/m0/s1. The van der Waals surface area contributed by atoms with Crippen LogP contribution < -0.4 is 11.1 Å². The lowest BCUT2D eigenvalue weighted by Gasteiger charge is -2.31. The molecule has 0 spiro atoms. The Hall–Kier alpha value is -0.900. The Morgan fingerprint density at radius 3 is 2.53 bits per heavy atom. The van der Waals surface area contributed by atoms with Crippen LogP contribution in [-0.4, -0.2) is 37.6 Å². The van der Waals surface area contributed by atoms with Crippen molar-refractivity contribution in [3.63, 3.8) is 0 Å². The number of nitrogens with zero attached hydrogens (tertiary/aromatic N) is 1. The number of nitrogens with one attached hydrogen (secondary N) is 1. The Balaban J connectivity index is 1.92. The van der Waals surface area contributed by atoms with Gasteiger partial charge in [0.05, 0.1) is 0 Å². The monoisotopic (exact) mass is 261 g/mol. The van der Waals surface area contributed by atoms with E-state index >= 15 is 0 Å². The van der Waals surface area contributed by atoms with Crippen LogP contribution in [-0.2, 0) is 0 Å². The number of rotatable bonds is 7. The summed E-state index contributed by atoms with van der Waals surface area (Å²) in [7, 11) is 0. The summed E-state index contributed by atoms with van der Waals surface area (Å²) in [6.07, 6.45) is 5.14. The maximum absolute atomic E-state index is 5.59. The van der Waals surface area contributed by atoms with Gasteiger partial charge in [-0.05, 0) is 51.0 Å². The Bertz CT molecular complexity index is 333. The zero-order chi connectivity index (χ0) is 13.3. The number of nitrogens with two attached hydrogens (primary N) is 1. The normalized spacial score (nSPS) is 18.4. The average molecular weight is 261 g/mol. The lowest BCUT2D eigenvalue weighted by Crippen LogP contribution is -2.38. The molecule has 0 unspecified atom stereocenters. The van der Waals surface area contributed by atoms with Crippen LogP contribution in [0.5, 0.6) is 0 Å². The predicted octanol–water partition coefficient (Wildman–Crippen LogP) is 2.15. The van der Waals surface area contributed by atoms with Crippen molar-refractivity contribution >= 4 is 0 Å². The zero-order valence-corrected chi connectivity index (χ0v) is 11.9. The highest BCUT2D eigenvalue weighted by Crippen LogP contribution is 2.17. The second-order valence-corrected chi connectivity index (χ2v) is 5.42. The maximum Gasteiger partial charge on any atom is 0.0449 e. The molecular formula is C16H27N3. The van der Waals surface area contributed by atoms with Crippen LogP contribution in [0.2, 0.25) is 0 Å². The second kappa shape index (κ2) is 8.31. The fourth-order valence-corrected chi connectivity index (χ4v) is 2.75. The van der Waals surface area contributed by atoms with Gasteiger partial charge in [0.2, 0.25) is 0 Å². The molecule has 0 amide bonds. The molecule has 3 heteroatoms. The van der Waals surface area contributed by atoms with Crippen molar-refractivity contribution in [3.05, 3.63) is 35.9 Å². The third-order valence-corrected chi connectivity index (χ3v) is 3.86. The van der Waals surface area contributed by atoms with Crippen molar-refractivity contribution in [2.75, 3.05) is 32.7 Å². The van der Waals surface area contributed by atoms with E-state index in [-0.39, 0.29) is 0 Å². The molecule has 0 saturated carbocycles. The summed E-state index contributed by atoms with van der Waals surface area (Å²) in [5.41, 5.74) is 6.98. The number of hydrogen-bond donors (Lipinski definition) is 2. The highest BCUT2D eigenvalue weighted by molar-refractivity contribution is 5.19. The van der Waals surface area contributed by atoms with Gasteiger partial charge in [-0.3, -0.25) is 0 Å². The molecule has 1 heterocycles. The third kappa shape index (κ3) is 4.94. The van der Waals surface area contributed by atoms with Crippen LogP contribution in [0.4, 0.5) is 0 Å². The number of benzene rings is 1. The minimum atomic E-state index is 0.436. The molecule has 1 fully saturated rings. The van der Waals surface area contributed by atoms with E-state index in [0.29, 0.717) is 6.04 Å². The fraction of sp³-hybridized carbons (Fsp3) is 0.625. The summed E-state index contributed by atoms with van der Waals surface area (Å²) in [5.74, 6) is 0. The van der Waals surface area contributed by atoms with E-state index in [9.17, 15) is 0 Å². The summed E-state index contributed by atoms with van der Waals surface area (Å²) in [5, 5.41) is 3.66. The highest BCUT2D eigenvalue weighted by atomic mass is 15.2. The van der Waals surface area contributed by atoms with Gasteiger partial charge in [0.1, 0.15) is 0 Å². The third-order valence-electron chi connectivity index (χ3n) is 3.86. The van der Waals surface area contributed by atoms with E-state index in [1.165, 1.54) is 37.9 Å². The molecule has 0 radical (unpaired) electrons. The number of hydrogen-bond acceptors (Lipinski definition) is 3. The van der Waals surface area contributed by atoms with Gasteiger partial charge >= 0.3 is 0 Å². The van der Waals surface area contributed by atoms with Crippen LogP contribution in [0.3, 0.4) is 0 Å². The Morgan fingerprint density at radius 1 is 1.11 bits per heavy atom. The molecule has 1 aromatic carbocycles. The Morgan fingerprint density at radius 2 is 1.84 bits per heavy atom. The molecule has 2 rings (SSSR count). The van der Waals surface area contributed by atoms with Crippen molar-refractivity contribution in [3.8, 4) is 0 Å². The summed E-state index contributed by atoms with van der Waals surface area (Å²) in [6.45, 7) is 5.39. The first-order valence-corrected chi connectivity index (χ1v) is 7.61. The topological polar surface area (TPSA) is 41.3 Å². The molecule has 1 saturated heterocycles. The smallest absolute Gasteiger partial charge is 0.0449 e. The van der Waals surface area contributed by atoms with Gasteiger partial charge in [-0.2, -0.15) is 0 Å². The number of likely N-dealkylation sites (tertiary alicyclic amines) is 1. The first-order chi connectivity index (χ1) is 9.40. The molecule has 1 atom stereocenters. The van der Waals surface area contributed by atoms with Crippen LogP contribution in [0.15, 0.2) is 30.3 Å². The second-order valence-electron chi connectivity index (χ2n) is 5.42. The molecule has 1 aromatic rings. The van der Waals surface area contributed by atoms with E-state index in [1.54, 1.807) is 0 Å². The van der Waals surface area contributed by atoms with Gasteiger partial charge < -0.3 is 16.0 Å². The summed E-state index contributed by atoms with van der Waals surface area (Å²) in [6, 6.07) is 11.2. The first kappa shape index (κ1) is 14.5. The van der Waals surface area contributed by atoms with E-state index in [4.69, 9.17) is 5.73 Å². The lowest BCUT2D eigenvalue weighted by molar-refractivity contribution is 0.205. The Kier molecular flexibility index (Phi) is 6.34. The molecule has 0 bridgehead atoms. The van der Waals surface area contributed by atoms with E-state index in [1.807, 2.05) is 0 Å². The highest BCUT2D eigenvalue weighted by Gasteiger charge is 2.17. The lowest BCUT2D eigenvalue weighted by atomic mass is 10.0. The minimum Gasteiger partial charge on any atom is -0.330 e. The van der Waals surface area contributed by atoms with Gasteiger partial charge in [-0.25, -0.2) is 0 Å². The van der Waals surface area contributed by atoms with Crippen molar-refractivity contribution < 1.29 is 0 Å². The summed E-state index contributed by atoms with van der Waals surface area (Å²) >= 11 is 0. The van der Waals surface area contributed by atoms with Gasteiger partial charge in [-0.15, -0.1) is 0 Å². The van der Waals surface area contributed by atoms with Gasteiger partial charge in [-0.1, -0.05) is 36.8 Å². The minimum absolute atomic E-state index is 0.436. The van der Waals surface area contributed by atoms with Crippen molar-refractivity contribution in [1.82, 2.24) is 10.2 Å². The van der Waals surface area contributed by atoms with Crippen LogP contribution >= 0.6 is 0 Å². The maximum atomic E-state index is 5.59. The van der Waals surface area contributed by atoms with Crippen LogP contribution in [0.1, 0.15) is 37.3 Å². The molecule has 1 aliphatic rings. The van der Waals surface area contributed by atoms with Crippen molar-refractivity contribution in [2.24, 2.45) is 5.73 Å². The van der Waals surface area contributed by atoms with E-state index < -0.39 is 0 Å². The fourth-order valence-electron chi connectivity index (χ4n) is 2.75. The summed E-state index contributed by atoms with van der Waals surface area (Å²) < 4.78 is 0.